The van der Waals surface area contributed by atoms with Crippen LogP contribution in [0.1, 0.15) is 53.8 Å². The van der Waals surface area contributed by atoms with E-state index >= 15 is 0 Å². The third-order valence-electron chi connectivity index (χ3n) is 5.29. The van der Waals surface area contributed by atoms with E-state index in [0.717, 1.165) is 61.9 Å². The second-order valence-electron chi connectivity index (χ2n) is 7.53. The summed E-state index contributed by atoms with van der Waals surface area (Å²) >= 11 is 6.01. The molecule has 2 aliphatic carbocycles. The number of esters is 1. The average Bonchev–Trinajstić information content (AvgIpc) is 3.50. The summed E-state index contributed by atoms with van der Waals surface area (Å²) in [7, 11) is 0. The topological polar surface area (TPSA) is 73.2 Å². The first-order valence-corrected chi connectivity index (χ1v) is 10.3. The van der Waals surface area contributed by atoms with Crippen LogP contribution >= 0.6 is 11.6 Å². The highest BCUT2D eigenvalue weighted by molar-refractivity contribution is 6.30. The van der Waals surface area contributed by atoms with E-state index in [1.807, 2.05) is 28.9 Å². The van der Waals surface area contributed by atoms with Crippen molar-refractivity contribution in [3.8, 4) is 5.69 Å². The molecule has 28 heavy (non-hydrogen) atoms. The number of hydrogen-bond acceptors (Lipinski definition) is 4. The van der Waals surface area contributed by atoms with E-state index in [9.17, 15) is 9.59 Å². The minimum Gasteiger partial charge on any atom is -0.464 e. The Bertz CT molecular complexity index is 872. The molecular formula is C21H24ClN3O3. The van der Waals surface area contributed by atoms with Crippen LogP contribution in [0.25, 0.3) is 5.69 Å². The molecule has 0 aliphatic heterocycles. The van der Waals surface area contributed by atoms with Crippen LogP contribution < -0.4 is 5.32 Å². The molecule has 4 rings (SSSR count). The predicted molar refractivity (Wildman–Crippen MR) is 106 cm³/mol. The average molecular weight is 402 g/mol. The zero-order valence-corrected chi connectivity index (χ0v) is 16.5. The molecule has 0 atom stereocenters. The van der Waals surface area contributed by atoms with Gasteiger partial charge in [0.1, 0.15) is 6.54 Å². The Balaban J connectivity index is 1.53. The maximum absolute atomic E-state index is 12.8. The van der Waals surface area contributed by atoms with Crippen LogP contribution in [0.5, 0.6) is 0 Å². The number of carbonyl (C=O) groups is 2. The van der Waals surface area contributed by atoms with Gasteiger partial charge in [0.2, 0.25) is 0 Å². The Morgan fingerprint density at radius 2 is 1.89 bits per heavy atom. The van der Waals surface area contributed by atoms with Crippen LogP contribution in [0.2, 0.25) is 5.02 Å². The first-order valence-electron chi connectivity index (χ1n) is 9.92. The van der Waals surface area contributed by atoms with Crippen LogP contribution in [0, 0.1) is 5.92 Å². The molecule has 148 valence electrons. The highest BCUT2D eigenvalue weighted by atomic mass is 35.5. The third-order valence-corrected chi connectivity index (χ3v) is 5.54. The third kappa shape index (κ3) is 4.38. The fourth-order valence-electron chi connectivity index (χ4n) is 3.54. The summed E-state index contributed by atoms with van der Waals surface area (Å²) in [5.74, 6) is -0.219. The predicted octanol–water partition coefficient (Wildman–Crippen LogP) is 3.48. The molecule has 1 saturated carbocycles. The number of benzene rings is 1. The minimum atomic E-state index is -0.400. The maximum Gasteiger partial charge on any atom is 0.325 e. The smallest absolute Gasteiger partial charge is 0.325 e. The Morgan fingerprint density at radius 1 is 1.14 bits per heavy atom. The van der Waals surface area contributed by atoms with Crippen molar-refractivity contribution in [1.82, 2.24) is 15.1 Å². The van der Waals surface area contributed by atoms with E-state index < -0.39 is 5.97 Å². The molecule has 2 aromatic rings. The number of hydrogen-bond donors (Lipinski definition) is 1. The van der Waals surface area contributed by atoms with Gasteiger partial charge in [0, 0.05) is 16.3 Å². The number of rotatable bonds is 6. The molecule has 1 amide bonds. The normalized spacial score (nSPS) is 16.2. The highest BCUT2D eigenvalue weighted by Gasteiger charge is 2.26. The van der Waals surface area contributed by atoms with E-state index in [1.165, 1.54) is 0 Å². The lowest BCUT2D eigenvalue weighted by molar-refractivity contribution is -0.142. The molecule has 0 bridgehead atoms. The summed E-state index contributed by atoms with van der Waals surface area (Å²) in [6, 6.07) is 7.43. The van der Waals surface area contributed by atoms with Crippen molar-refractivity contribution < 1.29 is 14.3 Å². The van der Waals surface area contributed by atoms with Crippen LogP contribution in [-0.2, 0) is 22.4 Å². The van der Waals surface area contributed by atoms with Gasteiger partial charge in [0.25, 0.3) is 5.91 Å². The number of ether oxygens (including phenoxy) is 1. The quantitative estimate of drug-likeness (QED) is 0.594. The molecule has 6 nitrogen and oxygen atoms in total. The lowest BCUT2D eigenvalue weighted by Gasteiger charge is -2.07. The molecule has 0 unspecified atom stereocenters. The van der Waals surface area contributed by atoms with Gasteiger partial charge >= 0.3 is 5.97 Å². The number of carbonyl (C=O) groups excluding carboxylic acids is 2. The van der Waals surface area contributed by atoms with Crippen molar-refractivity contribution >= 4 is 23.5 Å². The number of aromatic nitrogens is 2. The minimum absolute atomic E-state index is 0.131. The van der Waals surface area contributed by atoms with E-state index in [4.69, 9.17) is 16.3 Å². The van der Waals surface area contributed by atoms with Crippen molar-refractivity contribution in [3.63, 3.8) is 0 Å². The van der Waals surface area contributed by atoms with Gasteiger partial charge in [-0.1, -0.05) is 18.0 Å². The van der Waals surface area contributed by atoms with Crippen molar-refractivity contribution in [1.29, 1.82) is 0 Å². The zero-order chi connectivity index (χ0) is 19.5. The number of halogens is 1. The molecule has 1 heterocycles. The largest absolute Gasteiger partial charge is 0.464 e. The molecule has 1 N–H and O–H groups in total. The first-order chi connectivity index (χ1) is 13.6. The molecular weight excluding hydrogens is 378 g/mol. The van der Waals surface area contributed by atoms with E-state index in [2.05, 4.69) is 10.4 Å². The summed E-state index contributed by atoms with van der Waals surface area (Å²) in [5.41, 5.74) is 3.34. The highest BCUT2D eigenvalue weighted by Crippen LogP contribution is 2.29. The van der Waals surface area contributed by atoms with Gasteiger partial charge in [-0.15, -0.1) is 0 Å². The van der Waals surface area contributed by atoms with Crippen LogP contribution in [0.4, 0.5) is 0 Å². The SMILES string of the molecule is O=C(CNC(=O)c1nn(-c2ccc(Cl)cc2)c2c1CCCCC2)OCC1CC1. The zero-order valence-electron chi connectivity index (χ0n) is 15.7. The Hall–Kier alpha value is -2.34. The van der Waals surface area contributed by atoms with Crippen LogP contribution in [0.15, 0.2) is 24.3 Å². The Kier molecular flexibility index (Phi) is 5.67. The Labute approximate surface area is 169 Å². The number of nitrogens with zero attached hydrogens (tertiary/aromatic N) is 2. The monoisotopic (exact) mass is 401 g/mol. The standard InChI is InChI=1S/C21H24ClN3O3/c22-15-8-10-16(11-9-15)25-18-5-3-1-2-4-17(18)20(24-25)21(27)23-12-19(26)28-13-14-6-7-14/h8-11,14H,1-7,12-13H2,(H,23,27). The Morgan fingerprint density at radius 3 is 2.64 bits per heavy atom. The number of nitrogens with one attached hydrogen (secondary N) is 1. The molecule has 1 aromatic heterocycles. The number of fused-ring (bicyclic) bond motifs is 1. The van der Waals surface area contributed by atoms with E-state index in [1.54, 1.807) is 0 Å². The van der Waals surface area contributed by atoms with Gasteiger partial charge in [-0.05, 0) is 68.7 Å². The van der Waals surface area contributed by atoms with Gasteiger partial charge in [0.15, 0.2) is 5.69 Å². The molecule has 0 saturated heterocycles. The summed E-state index contributed by atoms with van der Waals surface area (Å²) in [4.78, 5) is 24.6. The molecule has 2 aliphatic rings. The maximum atomic E-state index is 12.8. The van der Waals surface area contributed by atoms with E-state index in [0.29, 0.717) is 23.2 Å². The molecule has 0 radical (unpaired) electrons. The van der Waals surface area contributed by atoms with Crippen LogP contribution in [-0.4, -0.2) is 34.8 Å². The summed E-state index contributed by atoms with van der Waals surface area (Å²) < 4.78 is 7.02. The van der Waals surface area contributed by atoms with Crippen molar-refractivity contribution in [2.24, 2.45) is 5.92 Å². The van der Waals surface area contributed by atoms with E-state index in [-0.39, 0.29) is 12.5 Å². The van der Waals surface area contributed by atoms with Crippen molar-refractivity contribution in [2.75, 3.05) is 13.2 Å². The fraction of sp³-hybridized carbons (Fsp3) is 0.476. The van der Waals surface area contributed by atoms with Gasteiger partial charge in [-0.3, -0.25) is 9.59 Å². The van der Waals surface area contributed by atoms with Gasteiger partial charge < -0.3 is 10.1 Å². The van der Waals surface area contributed by atoms with Crippen molar-refractivity contribution in [2.45, 2.75) is 44.9 Å². The summed E-state index contributed by atoms with van der Waals surface area (Å²) in [6.07, 6.45) is 7.16. The van der Waals surface area contributed by atoms with Gasteiger partial charge in [-0.2, -0.15) is 5.10 Å². The fourth-order valence-corrected chi connectivity index (χ4v) is 3.66. The lowest BCUT2D eigenvalue weighted by Crippen LogP contribution is -2.31. The van der Waals surface area contributed by atoms with Crippen LogP contribution in [0.3, 0.4) is 0 Å². The number of amides is 1. The van der Waals surface area contributed by atoms with Gasteiger partial charge in [-0.25, -0.2) is 4.68 Å². The van der Waals surface area contributed by atoms with Gasteiger partial charge in [0.05, 0.1) is 12.3 Å². The summed E-state index contributed by atoms with van der Waals surface area (Å²) in [6.45, 7) is 0.323. The molecule has 7 heteroatoms. The molecule has 1 fully saturated rings. The second-order valence-corrected chi connectivity index (χ2v) is 7.97. The first kappa shape index (κ1) is 19.0. The summed E-state index contributed by atoms with van der Waals surface area (Å²) in [5, 5.41) is 7.94. The lowest BCUT2D eigenvalue weighted by atomic mass is 10.1. The second kappa shape index (κ2) is 8.35. The van der Waals surface area contributed by atoms with Crippen molar-refractivity contribution in [3.05, 3.63) is 46.2 Å². The molecule has 1 aromatic carbocycles. The molecule has 0 spiro atoms.